The molecule has 1 N–H and O–H groups in total. The predicted molar refractivity (Wildman–Crippen MR) is 92.4 cm³/mol. The molecule has 130 valence electrons. The largest absolute Gasteiger partial charge is 0.336 e. The maximum Gasteiger partial charge on any atom is 0.318 e. The Bertz CT molecular complexity index is 806. The van der Waals surface area contributed by atoms with Crippen LogP contribution in [0.3, 0.4) is 0 Å². The molecule has 25 heavy (non-hydrogen) atoms. The molecule has 3 heterocycles. The van der Waals surface area contributed by atoms with Gasteiger partial charge in [0.05, 0.1) is 11.7 Å². The summed E-state index contributed by atoms with van der Waals surface area (Å²) in [6.07, 6.45) is 4.51. The van der Waals surface area contributed by atoms with E-state index in [1.807, 2.05) is 24.9 Å². The number of amides is 2. The van der Waals surface area contributed by atoms with Gasteiger partial charge in [0.25, 0.3) is 0 Å². The number of halogens is 1. The highest BCUT2D eigenvalue weighted by Crippen LogP contribution is 2.43. The van der Waals surface area contributed by atoms with E-state index in [2.05, 4.69) is 10.3 Å². The van der Waals surface area contributed by atoms with Crippen LogP contribution in [0, 0.1) is 5.82 Å². The number of urea groups is 1. The lowest BCUT2D eigenvalue weighted by Crippen LogP contribution is -2.49. The van der Waals surface area contributed by atoms with Crippen LogP contribution in [0.2, 0.25) is 0 Å². The third-order valence-electron chi connectivity index (χ3n) is 4.94. The summed E-state index contributed by atoms with van der Waals surface area (Å²) in [5.41, 5.74) is 2.85. The second-order valence-electron chi connectivity index (χ2n) is 7.07. The molecule has 2 aromatic rings. The van der Waals surface area contributed by atoms with E-state index in [1.54, 1.807) is 12.1 Å². The Labute approximate surface area is 146 Å². The fourth-order valence-electron chi connectivity index (χ4n) is 3.85. The van der Waals surface area contributed by atoms with Crippen LogP contribution in [0.1, 0.15) is 44.0 Å². The average molecular weight is 340 g/mol. The molecule has 0 radical (unpaired) electrons. The normalized spacial score (nSPS) is 21.4. The summed E-state index contributed by atoms with van der Waals surface area (Å²) in [4.78, 5) is 23.7. The minimum atomic E-state index is -0.272. The van der Waals surface area contributed by atoms with E-state index in [9.17, 15) is 9.18 Å². The third kappa shape index (κ3) is 2.86. The number of benzene rings is 1. The Morgan fingerprint density at radius 3 is 2.76 bits per heavy atom. The molecule has 4 rings (SSSR count). The van der Waals surface area contributed by atoms with Crippen molar-refractivity contribution in [3.63, 3.8) is 0 Å². The van der Waals surface area contributed by atoms with Gasteiger partial charge in [-0.25, -0.2) is 19.2 Å². The van der Waals surface area contributed by atoms with Gasteiger partial charge in [-0.1, -0.05) is 0 Å². The lowest BCUT2D eigenvalue weighted by molar-refractivity contribution is 0.162. The standard InChI is InChI=1S/C19H21FN4O/c1-11(2)22-19(25)24-14-7-8-17(24)15-10-21-18(23-16(15)9-14)12-3-5-13(20)6-4-12/h3-6,10-11,14,17H,7-9H2,1-2H3,(H,22,25)/t14-,17+/m0/s1. The van der Waals surface area contributed by atoms with Crippen molar-refractivity contribution >= 4 is 6.03 Å². The first kappa shape index (κ1) is 16.0. The molecule has 2 atom stereocenters. The molecule has 0 unspecified atom stereocenters. The van der Waals surface area contributed by atoms with E-state index in [4.69, 9.17) is 4.98 Å². The number of carbonyl (C=O) groups is 1. The number of aromatic nitrogens is 2. The van der Waals surface area contributed by atoms with Crippen molar-refractivity contribution in [1.29, 1.82) is 0 Å². The van der Waals surface area contributed by atoms with Crippen molar-refractivity contribution in [2.45, 2.75) is 51.2 Å². The van der Waals surface area contributed by atoms with Gasteiger partial charge in [-0.15, -0.1) is 0 Å². The molecule has 1 aromatic heterocycles. The zero-order valence-electron chi connectivity index (χ0n) is 14.4. The average Bonchev–Trinajstić information content (AvgIpc) is 2.90. The zero-order valence-corrected chi connectivity index (χ0v) is 14.4. The van der Waals surface area contributed by atoms with Gasteiger partial charge >= 0.3 is 6.03 Å². The van der Waals surface area contributed by atoms with E-state index < -0.39 is 0 Å². The molecular formula is C19H21FN4O. The summed E-state index contributed by atoms with van der Waals surface area (Å²) in [6.45, 7) is 3.94. The molecule has 2 amide bonds. The van der Waals surface area contributed by atoms with E-state index in [0.29, 0.717) is 5.82 Å². The Balaban J connectivity index is 1.65. The first-order valence-electron chi connectivity index (χ1n) is 8.73. The number of hydrogen-bond donors (Lipinski definition) is 1. The Morgan fingerprint density at radius 2 is 2.04 bits per heavy atom. The molecule has 0 aliphatic carbocycles. The summed E-state index contributed by atoms with van der Waals surface area (Å²) in [5, 5.41) is 3.00. The quantitative estimate of drug-likeness (QED) is 0.911. The monoisotopic (exact) mass is 340 g/mol. The number of nitrogens with one attached hydrogen (secondary N) is 1. The van der Waals surface area contributed by atoms with Crippen LogP contribution in [0.25, 0.3) is 11.4 Å². The van der Waals surface area contributed by atoms with Gasteiger partial charge in [0.15, 0.2) is 5.82 Å². The molecule has 1 fully saturated rings. The Morgan fingerprint density at radius 1 is 1.28 bits per heavy atom. The summed E-state index contributed by atoms with van der Waals surface area (Å²) in [7, 11) is 0. The maximum absolute atomic E-state index is 13.1. The Hall–Kier alpha value is -2.50. The molecule has 6 heteroatoms. The predicted octanol–water partition coefficient (Wildman–Crippen LogP) is 3.46. The SMILES string of the molecule is CC(C)NC(=O)N1[C@H]2CC[C@@H]1c1cnc(-c3ccc(F)cc3)nc1C2. The van der Waals surface area contributed by atoms with Crippen LogP contribution in [0.15, 0.2) is 30.5 Å². The van der Waals surface area contributed by atoms with Crippen LogP contribution >= 0.6 is 0 Å². The van der Waals surface area contributed by atoms with Gasteiger partial charge in [0.2, 0.25) is 0 Å². The van der Waals surface area contributed by atoms with Gasteiger partial charge in [-0.2, -0.15) is 0 Å². The highest BCUT2D eigenvalue weighted by molar-refractivity contribution is 5.76. The fraction of sp³-hybridized carbons (Fsp3) is 0.421. The molecule has 5 nitrogen and oxygen atoms in total. The molecule has 2 aliphatic rings. The minimum Gasteiger partial charge on any atom is -0.336 e. The molecule has 2 bridgehead atoms. The molecule has 1 saturated heterocycles. The van der Waals surface area contributed by atoms with E-state index in [0.717, 1.165) is 36.1 Å². The first-order chi connectivity index (χ1) is 12.0. The van der Waals surface area contributed by atoms with Gasteiger partial charge in [-0.3, -0.25) is 0 Å². The molecule has 0 spiro atoms. The van der Waals surface area contributed by atoms with E-state index in [-0.39, 0.29) is 30.0 Å². The molecular weight excluding hydrogens is 319 g/mol. The Kier molecular flexibility index (Phi) is 3.90. The van der Waals surface area contributed by atoms with E-state index >= 15 is 0 Å². The number of fused-ring (bicyclic) bond motifs is 4. The van der Waals surface area contributed by atoms with Crippen LogP contribution in [-0.4, -0.2) is 33.0 Å². The molecule has 2 aliphatic heterocycles. The lowest BCUT2D eigenvalue weighted by Gasteiger charge is -2.36. The smallest absolute Gasteiger partial charge is 0.318 e. The van der Waals surface area contributed by atoms with Crippen molar-refractivity contribution in [3.05, 3.63) is 47.5 Å². The summed E-state index contributed by atoms with van der Waals surface area (Å²) in [6, 6.07) is 6.57. The number of hydrogen-bond acceptors (Lipinski definition) is 3. The third-order valence-corrected chi connectivity index (χ3v) is 4.94. The number of nitrogens with zero attached hydrogens (tertiary/aromatic N) is 3. The van der Waals surface area contributed by atoms with E-state index in [1.165, 1.54) is 12.1 Å². The summed E-state index contributed by atoms with van der Waals surface area (Å²) < 4.78 is 13.1. The van der Waals surface area contributed by atoms with Crippen LogP contribution < -0.4 is 5.32 Å². The van der Waals surface area contributed by atoms with Crippen molar-refractivity contribution in [3.8, 4) is 11.4 Å². The molecule has 1 aromatic carbocycles. The minimum absolute atomic E-state index is 0.00392. The lowest BCUT2D eigenvalue weighted by atomic mass is 9.99. The fourth-order valence-corrected chi connectivity index (χ4v) is 3.85. The topological polar surface area (TPSA) is 58.1 Å². The van der Waals surface area contributed by atoms with Crippen LogP contribution in [-0.2, 0) is 6.42 Å². The number of carbonyl (C=O) groups excluding carboxylic acids is 1. The summed E-state index contributed by atoms with van der Waals surface area (Å²) >= 11 is 0. The second-order valence-corrected chi connectivity index (χ2v) is 7.07. The highest BCUT2D eigenvalue weighted by Gasteiger charge is 2.43. The maximum atomic E-state index is 13.1. The summed E-state index contributed by atoms with van der Waals surface area (Å²) in [5.74, 6) is 0.338. The molecule has 0 saturated carbocycles. The van der Waals surface area contributed by atoms with Gasteiger partial charge in [0, 0.05) is 35.8 Å². The highest BCUT2D eigenvalue weighted by atomic mass is 19.1. The second kappa shape index (κ2) is 6.10. The van der Waals surface area contributed by atoms with Gasteiger partial charge < -0.3 is 10.2 Å². The zero-order chi connectivity index (χ0) is 17.6. The van der Waals surface area contributed by atoms with Crippen molar-refractivity contribution in [2.75, 3.05) is 0 Å². The van der Waals surface area contributed by atoms with Crippen LogP contribution in [0.4, 0.5) is 9.18 Å². The van der Waals surface area contributed by atoms with Gasteiger partial charge in [-0.05, 0) is 51.0 Å². The van der Waals surface area contributed by atoms with Crippen molar-refractivity contribution in [1.82, 2.24) is 20.2 Å². The van der Waals surface area contributed by atoms with Crippen LogP contribution in [0.5, 0.6) is 0 Å². The van der Waals surface area contributed by atoms with Gasteiger partial charge in [0.1, 0.15) is 5.82 Å². The van der Waals surface area contributed by atoms with Crippen molar-refractivity contribution < 1.29 is 9.18 Å². The first-order valence-corrected chi connectivity index (χ1v) is 8.73. The number of rotatable bonds is 2. The van der Waals surface area contributed by atoms with Crippen molar-refractivity contribution in [2.24, 2.45) is 0 Å².